The average Bonchev–Trinajstić information content (AvgIpc) is 2.64. The minimum absolute atomic E-state index is 0.0232. The van der Waals surface area contributed by atoms with Crippen LogP contribution in [0.25, 0.3) is 0 Å². The molecule has 0 aliphatic carbocycles. The molecule has 2 rings (SSSR count). The van der Waals surface area contributed by atoms with E-state index in [4.69, 9.17) is 21.1 Å². The lowest BCUT2D eigenvalue weighted by atomic mass is 10.2. The highest BCUT2D eigenvalue weighted by atomic mass is 35.5. The maximum atomic E-state index is 13.7. The van der Waals surface area contributed by atoms with E-state index in [-0.39, 0.29) is 29.6 Å². The molecular formula is C18H18ClFN2O4. The van der Waals surface area contributed by atoms with Crippen LogP contribution in [0.3, 0.4) is 0 Å². The third kappa shape index (κ3) is 4.86. The number of carbonyl (C=O) groups is 2. The average molecular weight is 381 g/mol. The Morgan fingerprint density at radius 3 is 2.12 bits per heavy atom. The first kappa shape index (κ1) is 19.5. The molecule has 138 valence electrons. The van der Waals surface area contributed by atoms with E-state index in [1.165, 1.54) is 26.4 Å². The second kappa shape index (κ2) is 9.05. The SMILES string of the molecule is COc1cc(OC)cc(C(=O)NCCNC(=O)c2c(F)cccc2Cl)c1. The number of methoxy groups -OCH3 is 2. The van der Waals surface area contributed by atoms with Crippen molar-refractivity contribution < 1.29 is 23.5 Å². The molecule has 0 fully saturated rings. The standard InChI is InChI=1S/C18H18ClFN2O4/c1-25-12-8-11(9-13(10-12)26-2)17(23)21-6-7-22-18(24)16-14(19)4-3-5-15(16)20/h3-5,8-10H,6-7H2,1-2H3,(H,21,23)(H,22,24). The van der Waals surface area contributed by atoms with Gasteiger partial charge in [0, 0.05) is 24.7 Å². The lowest BCUT2D eigenvalue weighted by molar-refractivity contribution is 0.0925. The zero-order chi connectivity index (χ0) is 19.1. The van der Waals surface area contributed by atoms with Crippen molar-refractivity contribution in [1.29, 1.82) is 0 Å². The van der Waals surface area contributed by atoms with Gasteiger partial charge >= 0.3 is 0 Å². The fraction of sp³-hybridized carbons (Fsp3) is 0.222. The first-order valence-electron chi connectivity index (χ1n) is 7.69. The highest BCUT2D eigenvalue weighted by Gasteiger charge is 2.15. The number of carbonyl (C=O) groups excluding carboxylic acids is 2. The molecule has 0 unspecified atom stereocenters. The summed E-state index contributed by atoms with van der Waals surface area (Å²) in [6.45, 7) is 0.256. The molecule has 0 aliphatic heterocycles. The summed E-state index contributed by atoms with van der Waals surface area (Å²) < 4.78 is 23.9. The number of halogens is 2. The summed E-state index contributed by atoms with van der Waals surface area (Å²) in [7, 11) is 2.97. The maximum absolute atomic E-state index is 13.7. The second-order valence-electron chi connectivity index (χ2n) is 5.21. The fourth-order valence-electron chi connectivity index (χ4n) is 2.20. The van der Waals surface area contributed by atoms with Gasteiger partial charge < -0.3 is 20.1 Å². The van der Waals surface area contributed by atoms with Gasteiger partial charge in [-0.3, -0.25) is 9.59 Å². The Morgan fingerprint density at radius 2 is 1.58 bits per heavy atom. The molecule has 0 radical (unpaired) electrons. The van der Waals surface area contributed by atoms with Crippen molar-refractivity contribution in [3.63, 3.8) is 0 Å². The monoisotopic (exact) mass is 380 g/mol. The lowest BCUT2D eigenvalue weighted by Gasteiger charge is -2.10. The van der Waals surface area contributed by atoms with Crippen LogP contribution in [0.1, 0.15) is 20.7 Å². The second-order valence-corrected chi connectivity index (χ2v) is 5.62. The van der Waals surface area contributed by atoms with E-state index in [1.54, 1.807) is 18.2 Å². The molecule has 2 amide bonds. The number of hydrogen-bond donors (Lipinski definition) is 2. The van der Waals surface area contributed by atoms with Gasteiger partial charge in [0.05, 0.1) is 24.8 Å². The molecule has 0 heterocycles. The Hall–Kier alpha value is -2.80. The van der Waals surface area contributed by atoms with Gasteiger partial charge in [0.1, 0.15) is 17.3 Å². The molecule has 2 N–H and O–H groups in total. The molecule has 6 nitrogen and oxygen atoms in total. The van der Waals surface area contributed by atoms with Gasteiger partial charge in [-0.25, -0.2) is 4.39 Å². The summed E-state index contributed by atoms with van der Waals surface area (Å²) in [6, 6.07) is 8.77. The Labute approximate surface area is 155 Å². The van der Waals surface area contributed by atoms with Crippen molar-refractivity contribution in [3.8, 4) is 11.5 Å². The number of rotatable bonds is 7. The van der Waals surface area contributed by atoms with Gasteiger partial charge in [0.15, 0.2) is 0 Å². The quantitative estimate of drug-likeness (QED) is 0.724. The summed E-state index contributed by atoms with van der Waals surface area (Å²) >= 11 is 5.83. The van der Waals surface area contributed by atoms with Crippen LogP contribution in [-0.2, 0) is 0 Å². The van der Waals surface area contributed by atoms with Crippen LogP contribution >= 0.6 is 11.6 Å². The number of ether oxygens (including phenoxy) is 2. The molecule has 0 spiro atoms. The molecule has 0 atom stereocenters. The van der Waals surface area contributed by atoms with Gasteiger partial charge in [-0.2, -0.15) is 0 Å². The Morgan fingerprint density at radius 1 is 1.00 bits per heavy atom. The van der Waals surface area contributed by atoms with Gasteiger partial charge in [0.25, 0.3) is 11.8 Å². The third-order valence-corrected chi connectivity index (χ3v) is 3.81. The van der Waals surface area contributed by atoms with Crippen LogP contribution in [0, 0.1) is 5.82 Å². The fourth-order valence-corrected chi connectivity index (χ4v) is 2.44. The summed E-state index contributed by atoms with van der Waals surface area (Å²) in [5, 5.41) is 5.17. The van der Waals surface area contributed by atoms with Gasteiger partial charge in [0.2, 0.25) is 0 Å². The Bertz CT molecular complexity index is 771. The molecule has 0 saturated heterocycles. The zero-order valence-corrected chi connectivity index (χ0v) is 15.0. The number of nitrogens with one attached hydrogen (secondary N) is 2. The van der Waals surface area contributed by atoms with Crippen LogP contribution in [0.15, 0.2) is 36.4 Å². The minimum Gasteiger partial charge on any atom is -0.497 e. The van der Waals surface area contributed by atoms with Crippen LogP contribution in [0.2, 0.25) is 5.02 Å². The molecule has 0 aromatic heterocycles. The number of amides is 2. The van der Waals surface area contributed by atoms with Crippen LogP contribution in [-0.4, -0.2) is 39.1 Å². The largest absolute Gasteiger partial charge is 0.497 e. The molecule has 2 aromatic carbocycles. The summed E-state index contributed by atoms with van der Waals surface area (Å²) in [5.41, 5.74) is 0.128. The van der Waals surface area contributed by atoms with E-state index in [0.29, 0.717) is 17.1 Å². The highest BCUT2D eigenvalue weighted by Crippen LogP contribution is 2.22. The predicted molar refractivity (Wildman–Crippen MR) is 95.6 cm³/mol. The van der Waals surface area contributed by atoms with E-state index < -0.39 is 11.7 Å². The molecule has 26 heavy (non-hydrogen) atoms. The van der Waals surface area contributed by atoms with Crippen molar-refractivity contribution in [2.45, 2.75) is 0 Å². The van der Waals surface area contributed by atoms with Crippen molar-refractivity contribution >= 4 is 23.4 Å². The molecule has 8 heteroatoms. The van der Waals surface area contributed by atoms with E-state index in [2.05, 4.69) is 10.6 Å². The maximum Gasteiger partial charge on any atom is 0.255 e. The minimum atomic E-state index is -0.706. The van der Waals surface area contributed by atoms with E-state index in [0.717, 1.165) is 6.07 Å². The Kier molecular flexibility index (Phi) is 6.80. The van der Waals surface area contributed by atoms with E-state index >= 15 is 0 Å². The van der Waals surface area contributed by atoms with Crippen LogP contribution in [0.4, 0.5) is 4.39 Å². The lowest BCUT2D eigenvalue weighted by Crippen LogP contribution is -2.35. The van der Waals surface area contributed by atoms with E-state index in [1.807, 2.05) is 0 Å². The van der Waals surface area contributed by atoms with Crippen molar-refractivity contribution in [3.05, 3.63) is 58.4 Å². The van der Waals surface area contributed by atoms with Gasteiger partial charge in [-0.1, -0.05) is 17.7 Å². The molecule has 0 saturated carbocycles. The van der Waals surface area contributed by atoms with Gasteiger partial charge in [-0.15, -0.1) is 0 Å². The predicted octanol–water partition coefficient (Wildman–Crippen LogP) is 2.66. The Balaban J connectivity index is 1.90. The molecule has 2 aromatic rings. The highest BCUT2D eigenvalue weighted by molar-refractivity contribution is 6.33. The van der Waals surface area contributed by atoms with Crippen molar-refractivity contribution in [1.82, 2.24) is 10.6 Å². The summed E-state index contributed by atoms with van der Waals surface area (Å²) in [6.07, 6.45) is 0. The summed E-state index contributed by atoms with van der Waals surface area (Å²) in [4.78, 5) is 24.2. The molecule has 0 bridgehead atoms. The number of hydrogen-bond acceptors (Lipinski definition) is 4. The molecular weight excluding hydrogens is 363 g/mol. The first-order valence-corrected chi connectivity index (χ1v) is 8.07. The smallest absolute Gasteiger partial charge is 0.255 e. The topological polar surface area (TPSA) is 76.7 Å². The van der Waals surface area contributed by atoms with Crippen LogP contribution < -0.4 is 20.1 Å². The normalized spacial score (nSPS) is 10.2. The third-order valence-electron chi connectivity index (χ3n) is 3.50. The van der Waals surface area contributed by atoms with Crippen molar-refractivity contribution in [2.75, 3.05) is 27.3 Å². The molecule has 0 aliphatic rings. The first-order chi connectivity index (χ1) is 12.5. The van der Waals surface area contributed by atoms with Crippen LogP contribution in [0.5, 0.6) is 11.5 Å². The number of benzene rings is 2. The van der Waals surface area contributed by atoms with Gasteiger partial charge in [-0.05, 0) is 24.3 Å². The summed E-state index contributed by atoms with van der Waals surface area (Å²) in [5.74, 6) is -0.748. The van der Waals surface area contributed by atoms with E-state index in [9.17, 15) is 14.0 Å². The van der Waals surface area contributed by atoms with Crippen molar-refractivity contribution in [2.24, 2.45) is 0 Å². The zero-order valence-electron chi connectivity index (χ0n) is 14.3.